The highest BCUT2D eigenvalue weighted by atomic mass is 16.7. The number of rotatable bonds is 4. The van der Waals surface area contributed by atoms with Crippen LogP contribution in [0, 0.1) is 0 Å². The maximum Gasteiger partial charge on any atom is 0.344 e. The third-order valence-corrected chi connectivity index (χ3v) is 6.04. The molecule has 190 valence electrons. The van der Waals surface area contributed by atoms with Gasteiger partial charge in [-0.25, -0.2) is 9.59 Å². The highest BCUT2D eigenvalue weighted by Crippen LogP contribution is 2.46. The molecule has 0 amide bonds. The van der Waals surface area contributed by atoms with Crippen LogP contribution in [0.3, 0.4) is 0 Å². The molecule has 0 bridgehead atoms. The minimum atomic E-state index is -1.61. The Morgan fingerprint density at radius 3 is 1.97 bits per heavy atom. The molecule has 4 aromatic rings. The summed E-state index contributed by atoms with van der Waals surface area (Å²) in [5.41, 5.74) is -2.53. The standard InChI is InChI=1S/C23H20O13/c1-6-14(27)15(28)20(33-7(2)24)23(32-6)36-17-11(26)5-9-13-12-8(22(30)35-19(13)17)4-10(25)16(31-3)18(12)34-21(9)29/h4-6,14-15,20,23,25-28H,1-3H3. The lowest BCUT2D eigenvalue weighted by Crippen LogP contribution is -2.59. The maximum atomic E-state index is 12.9. The summed E-state index contributed by atoms with van der Waals surface area (Å²) < 4.78 is 32.2. The van der Waals surface area contributed by atoms with E-state index in [-0.39, 0.29) is 38.5 Å². The third-order valence-electron chi connectivity index (χ3n) is 6.04. The van der Waals surface area contributed by atoms with E-state index in [1.165, 1.54) is 14.0 Å². The van der Waals surface area contributed by atoms with E-state index in [2.05, 4.69) is 0 Å². The van der Waals surface area contributed by atoms with Gasteiger partial charge >= 0.3 is 17.2 Å². The van der Waals surface area contributed by atoms with Crippen LogP contribution >= 0.6 is 0 Å². The molecule has 36 heavy (non-hydrogen) atoms. The zero-order chi connectivity index (χ0) is 26.0. The van der Waals surface area contributed by atoms with Gasteiger partial charge < -0.3 is 48.2 Å². The smallest absolute Gasteiger partial charge is 0.344 e. The first-order chi connectivity index (χ1) is 17.0. The molecule has 1 fully saturated rings. The number of phenols is 2. The topological polar surface area (TPSA) is 195 Å². The molecule has 1 saturated heterocycles. The number of aliphatic hydroxyl groups is 2. The Morgan fingerprint density at radius 2 is 1.44 bits per heavy atom. The molecular formula is C23H20O13. The van der Waals surface area contributed by atoms with Crippen molar-refractivity contribution < 1.29 is 53.0 Å². The number of hydrogen-bond donors (Lipinski definition) is 4. The number of hydrogen-bond acceptors (Lipinski definition) is 13. The summed E-state index contributed by atoms with van der Waals surface area (Å²) in [5, 5.41) is 41.3. The Hall–Kier alpha value is -4.07. The second-order valence-corrected chi connectivity index (χ2v) is 8.32. The van der Waals surface area contributed by atoms with Gasteiger partial charge in [-0.15, -0.1) is 0 Å². The van der Waals surface area contributed by atoms with Crippen LogP contribution in [0.2, 0.25) is 0 Å². The summed E-state index contributed by atoms with van der Waals surface area (Å²) in [4.78, 5) is 37.2. The van der Waals surface area contributed by atoms with Crippen molar-refractivity contribution in [3.8, 4) is 23.0 Å². The quantitative estimate of drug-likeness (QED) is 0.172. The van der Waals surface area contributed by atoms with E-state index in [0.717, 1.165) is 19.1 Å². The number of esters is 1. The molecule has 5 atom stereocenters. The molecular weight excluding hydrogens is 484 g/mol. The summed E-state index contributed by atoms with van der Waals surface area (Å²) >= 11 is 0. The number of aliphatic hydroxyl groups excluding tert-OH is 2. The van der Waals surface area contributed by atoms with Crippen LogP contribution in [0.1, 0.15) is 13.8 Å². The molecule has 13 nitrogen and oxygen atoms in total. The highest BCUT2D eigenvalue weighted by Gasteiger charge is 2.47. The number of carbonyl (C=O) groups is 1. The fourth-order valence-corrected chi connectivity index (χ4v) is 4.40. The molecule has 1 aliphatic heterocycles. The fraction of sp³-hybridized carbons (Fsp3) is 0.348. The van der Waals surface area contributed by atoms with Crippen molar-refractivity contribution in [3.63, 3.8) is 0 Å². The highest BCUT2D eigenvalue weighted by molar-refractivity contribution is 6.22. The molecule has 3 heterocycles. The van der Waals surface area contributed by atoms with Gasteiger partial charge in [0, 0.05) is 17.7 Å². The van der Waals surface area contributed by atoms with Crippen LogP contribution in [0.25, 0.3) is 32.7 Å². The Balaban J connectivity index is 1.78. The van der Waals surface area contributed by atoms with Gasteiger partial charge in [-0.05, 0) is 19.1 Å². The number of aromatic hydroxyl groups is 2. The molecule has 0 aliphatic carbocycles. The monoisotopic (exact) mass is 504 g/mol. The van der Waals surface area contributed by atoms with Crippen molar-refractivity contribution in [3.05, 3.63) is 33.0 Å². The lowest BCUT2D eigenvalue weighted by Gasteiger charge is -2.40. The van der Waals surface area contributed by atoms with Gasteiger partial charge in [-0.3, -0.25) is 4.79 Å². The fourth-order valence-electron chi connectivity index (χ4n) is 4.40. The Kier molecular flexibility index (Phi) is 5.43. The molecule has 1 aliphatic rings. The van der Waals surface area contributed by atoms with Crippen LogP contribution in [-0.2, 0) is 14.3 Å². The summed E-state index contributed by atoms with van der Waals surface area (Å²) in [6, 6.07) is 2.10. The Bertz CT molecular complexity index is 1620. The SMILES string of the molecule is COc1c(O)cc2c(=O)oc3c(OC4OC(C)C(O)C(O)C4OC(C)=O)c(O)cc4c(=O)oc1c2c34. The predicted octanol–water partition coefficient (Wildman–Crippen LogP) is 0.687. The summed E-state index contributed by atoms with van der Waals surface area (Å²) in [6.07, 6.45) is -7.11. The molecule has 13 heteroatoms. The van der Waals surface area contributed by atoms with E-state index < -0.39 is 65.2 Å². The second-order valence-electron chi connectivity index (χ2n) is 8.32. The van der Waals surface area contributed by atoms with Gasteiger partial charge in [0.15, 0.2) is 28.8 Å². The van der Waals surface area contributed by atoms with Crippen molar-refractivity contribution in [2.75, 3.05) is 7.11 Å². The molecule has 0 spiro atoms. The molecule has 0 saturated carbocycles. The summed E-state index contributed by atoms with van der Waals surface area (Å²) in [6.45, 7) is 2.51. The Labute approximate surface area is 199 Å². The largest absolute Gasteiger partial charge is 0.504 e. The van der Waals surface area contributed by atoms with Crippen LogP contribution in [0.5, 0.6) is 23.0 Å². The van der Waals surface area contributed by atoms with E-state index in [9.17, 15) is 34.8 Å². The van der Waals surface area contributed by atoms with Crippen molar-refractivity contribution in [1.29, 1.82) is 0 Å². The zero-order valence-corrected chi connectivity index (χ0v) is 19.0. The second kappa shape index (κ2) is 8.26. The predicted molar refractivity (Wildman–Crippen MR) is 120 cm³/mol. The van der Waals surface area contributed by atoms with E-state index in [1.54, 1.807) is 0 Å². The van der Waals surface area contributed by atoms with E-state index in [0.29, 0.717) is 0 Å². The number of phenolic OH excluding ortho intramolecular Hbond substituents is 2. The zero-order valence-electron chi connectivity index (χ0n) is 19.0. The maximum absolute atomic E-state index is 12.9. The van der Waals surface area contributed by atoms with Gasteiger partial charge in [0.25, 0.3) is 0 Å². The van der Waals surface area contributed by atoms with Crippen molar-refractivity contribution >= 4 is 38.7 Å². The van der Waals surface area contributed by atoms with E-state index in [4.69, 9.17) is 27.8 Å². The number of methoxy groups -OCH3 is 1. The van der Waals surface area contributed by atoms with Crippen LogP contribution in [0.15, 0.2) is 30.6 Å². The van der Waals surface area contributed by atoms with Gasteiger partial charge in [-0.1, -0.05) is 0 Å². The normalized spacial score (nSPS) is 24.4. The number of carbonyl (C=O) groups excluding carboxylic acids is 1. The molecule has 2 aromatic heterocycles. The van der Waals surface area contributed by atoms with E-state index >= 15 is 0 Å². The van der Waals surface area contributed by atoms with Crippen LogP contribution < -0.4 is 20.7 Å². The van der Waals surface area contributed by atoms with Gasteiger partial charge in [0.2, 0.25) is 17.8 Å². The van der Waals surface area contributed by atoms with E-state index in [1.807, 2.05) is 0 Å². The average Bonchev–Trinajstić information content (AvgIpc) is 2.81. The van der Waals surface area contributed by atoms with Crippen molar-refractivity contribution in [2.24, 2.45) is 0 Å². The first-order valence-corrected chi connectivity index (χ1v) is 10.7. The van der Waals surface area contributed by atoms with Crippen LogP contribution in [0.4, 0.5) is 0 Å². The van der Waals surface area contributed by atoms with Gasteiger partial charge in [0.05, 0.1) is 24.0 Å². The minimum absolute atomic E-state index is 0.00965. The molecule has 4 N–H and O–H groups in total. The average molecular weight is 504 g/mol. The van der Waals surface area contributed by atoms with Crippen molar-refractivity contribution in [2.45, 2.75) is 44.6 Å². The summed E-state index contributed by atoms with van der Waals surface area (Å²) in [7, 11) is 1.23. The van der Waals surface area contributed by atoms with Crippen molar-refractivity contribution in [1.82, 2.24) is 0 Å². The first kappa shape index (κ1) is 23.7. The number of benzene rings is 2. The van der Waals surface area contributed by atoms with Gasteiger partial charge in [-0.2, -0.15) is 0 Å². The Morgan fingerprint density at radius 1 is 0.917 bits per heavy atom. The molecule has 5 rings (SSSR count). The van der Waals surface area contributed by atoms with Gasteiger partial charge in [0.1, 0.15) is 12.2 Å². The summed E-state index contributed by atoms with van der Waals surface area (Å²) in [5.74, 6) is -2.63. The lowest BCUT2D eigenvalue weighted by molar-refractivity contribution is -0.273. The van der Waals surface area contributed by atoms with Crippen LogP contribution in [-0.4, -0.2) is 64.2 Å². The molecule has 2 aromatic carbocycles. The number of ether oxygens (including phenoxy) is 4. The minimum Gasteiger partial charge on any atom is -0.504 e. The lowest BCUT2D eigenvalue weighted by atomic mass is 9.99. The molecule has 5 unspecified atom stereocenters. The first-order valence-electron chi connectivity index (χ1n) is 10.7. The third kappa shape index (κ3) is 3.39. The molecule has 0 radical (unpaired) electrons.